The van der Waals surface area contributed by atoms with Crippen LogP contribution in [0.15, 0.2) is 0 Å². The molecule has 1 rings (SSSR count). The zero-order valence-corrected chi connectivity index (χ0v) is 7.69. The monoisotopic (exact) mass is 190 g/mol. The van der Waals surface area contributed by atoms with Gasteiger partial charge in [-0.15, -0.1) is 0 Å². The fourth-order valence-electron chi connectivity index (χ4n) is 1.40. The molecule has 0 aromatic rings. The van der Waals surface area contributed by atoms with Crippen LogP contribution in [0.2, 0.25) is 0 Å². The van der Waals surface area contributed by atoms with Crippen LogP contribution in [0, 0.1) is 0 Å². The van der Waals surface area contributed by atoms with Gasteiger partial charge in [-0.3, -0.25) is 4.79 Å². The lowest BCUT2D eigenvalue weighted by Crippen LogP contribution is -2.45. The Morgan fingerprint density at radius 1 is 1.54 bits per heavy atom. The molecule has 0 aliphatic carbocycles. The quantitative estimate of drug-likeness (QED) is 0.655. The molecule has 1 saturated heterocycles. The Morgan fingerprint density at radius 2 is 2.15 bits per heavy atom. The van der Waals surface area contributed by atoms with E-state index in [0.717, 1.165) is 0 Å². The Bertz CT molecular complexity index is 201. The third-order valence-corrected chi connectivity index (χ3v) is 1.74. The Kier molecular flexibility index (Phi) is 2.90. The first-order valence-electron chi connectivity index (χ1n) is 4.14. The van der Waals surface area contributed by atoms with E-state index >= 15 is 0 Å². The number of aliphatic hydroxyl groups is 1. The number of ether oxygens (including phenoxy) is 2. The highest BCUT2D eigenvalue weighted by atomic mass is 16.8. The van der Waals surface area contributed by atoms with Crippen molar-refractivity contribution in [2.45, 2.75) is 44.9 Å². The van der Waals surface area contributed by atoms with Gasteiger partial charge in [0.15, 0.2) is 12.1 Å². The Labute approximate surface area is 76.3 Å². The molecule has 0 bridgehead atoms. The largest absolute Gasteiger partial charge is 0.481 e. The molecular weight excluding hydrogens is 176 g/mol. The first-order valence-corrected chi connectivity index (χ1v) is 4.14. The molecule has 5 heteroatoms. The first kappa shape index (κ1) is 10.4. The van der Waals surface area contributed by atoms with Crippen molar-refractivity contribution in [2.24, 2.45) is 0 Å². The van der Waals surface area contributed by atoms with Crippen LogP contribution >= 0.6 is 0 Å². The zero-order valence-electron chi connectivity index (χ0n) is 7.69. The number of carboxylic acids is 1. The summed E-state index contributed by atoms with van der Waals surface area (Å²) in [5, 5.41) is 17.8. The lowest BCUT2D eigenvalue weighted by Gasteiger charge is -2.38. The second kappa shape index (κ2) is 3.61. The van der Waals surface area contributed by atoms with Crippen molar-refractivity contribution < 1.29 is 24.5 Å². The predicted molar refractivity (Wildman–Crippen MR) is 42.9 cm³/mol. The molecule has 0 aromatic heterocycles. The van der Waals surface area contributed by atoms with Gasteiger partial charge < -0.3 is 19.7 Å². The van der Waals surface area contributed by atoms with Crippen molar-refractivity contribution in [2.75, 3.05) is 0 Å². The molecule has 1 aliphatic heterocycles. The zero-order chi connectivity index (χ0) is 10.1. The normalized spacial score (nSPS) is 32.8. The number of carboxylic acid groups (broad SMARTS) is 1. The molecule has 13 heavy (non-hydrogen) atoms. The van der Waals surface area contributed by atoms with E-state index in [1.165, 1.54) is 0 Å². The van der Waals surface area contributed by atoms with Gasteiger partial charge in [-0.1, -0.05) is 0 Å². The van der Waals surface area contributed by atoms with Crippen molar-refractivity contribution in [3.63, 3.8) is 0 Å². The fraction of sp³-hybridized carbons (Fsp3) is 0.875. The SMILES string of the molecule is CC1(C)OC(O)C[C@H](CC(=O)O)O1. The van der Waals surface area contributed by atoms with Crippen LogP contribution in [0.25, 0.3) is 0 Å². The minimum Gasteiger partial charge on any atom is -0.481 e. The molecule has 2 N–H and O–H groups in total. The molecule has 0 amide bonds. The molecule has 2 atom stereocenters. The molecule has 1 aliphatic rings. The highest BCUT2D eigenvalue weighted by Gasteiger charge is 2.35. The smallest absolute Gasteiger partial charge is 0.305 e. The van der Waals surface area contributed by atoms with Gasteiger partial charge in [0.2, 0.25) is 0 Å². The van der Waals surface area contributed by atoms with Gasteiger partial charge in [0, 0.05) is 6.42 Å². The summed E-state index contributed by atoms with van der Waals surface area (Å²) in [7, 11) is 0. The van der Waals surface area contributed by atoms with Crippen LogP contribution in [0.4, 0.5) is 0 Å². The number of rotatable bonds is 2. The lowest BCUT2D eigenvalue weighted by molar-refractivity contribution is -0.341. The Morgan fingerprint density at radius 3 is 2.62 bits per heavy atom. The second-order valence-corrected chi connectivity index (χ2v) is 3.55. The van der Waals surface area contributed by atoms with Crippen LogP contribution in [-0.4, -0.2) is 34.4 Å². The summed E-state index contributed by atoms with van der Waals surface area (Å²) in [6, 6.07) is 0. The van der Waals surface area contributed by atoms with Gasteiger partial charge in [0.05, 0.1) is 12.5 Å². The van der Waals surface area contributed by atoms with E-state index in [9.17, 15) is 9.90 Å². The molecule has 0 spiro atoms. The van der Waals surface area contributed by atoms with Crippen LogP contribution in [0.5, 0.6) is 0 Å². The van der Waals surface area contributed by atoms with Crippen molar-refractivity contribution in [1.82, 2.24) is 0 Å². The van der Waals surface area contributed by atoms with E-state index in [-0.39, 0.29) is 12.8 Å². The fourth-order valence-corrected chi connectivity index (χ4v) is 1.40. The number of aliphatic hydroxyl groups excluding tert-OH is 1. The molecule has 5 nitrogen and oxygen atoms in total. The summed E-state index contributed by atoms with van der Waals surface area (Å²) in [4.78, 5) is 10.4. The van der Waals surface area contributed by atoms with Gasteiger partial charge >= 0.3 is 5.97 Å². The number of hydrogen-bond acceptors (Lipinski definition) is 4. The highest BCUT2D eigenvalue weighted by Crippen LogP contribution is 2.26. The summed E-state index contributed by atoms with van der Waals surface area (Å²) >= 11 is 0. The molecule has 0 aromatic carbocycles. The minimum absolute atomic E-state index is 0.107. The number of hydrogen-bond donors (Lipinski definition) is 2. The average Bonchev–Trinajstić information content (AvgIpc) is 1.78. The predicted octanol–water partition coefficient (Wildman–Crippen LogP) is 0.321. The van der Waals surface area contributed by atoms with E-state index in [4.69, 9.17) is 14.6 Å². The summed E-state index contributed by atoms with van der Waals surface area (Å²) < 4.78 is 10.3. The van der Waals surface area contributed by atoms with Crippen molar-refractivity contribution in [3.8, 4) is 0 Å². The number of aliphatic carboxylic acids is 1. The topological polar surface area (TPSA) is 76.0 Å². The Hall–Kier alpha value is -0.650. The molecular formula is C8H14O5. The van der Waals surface area contributed by atoms with E-state index in [2.05, 4.69) is 0 Å². The average molecular weight is 190 g/mol. The summed E-state index contributed by atoms with van der Waals surface area (Å²) in [6.07, 6.45) is -1.32. The molecule has 1 heterocycles. The van der Waals surface area contributed by atoms with Crippen LogP contribution in [0.1, 0.15) is 26.7 Å². The minimum atomic E-state index is -0.937. The molecule has 1 fully saturated rings. The maximum Gasteiger partial charge on any atom is 0.305 e. The third-order valence-electron chi connectivity index (χ3n) is 1.74. The number of carbonyl (C=O) groups is 1. The van der Waals surface area contributed by atoms with Crippen LogP contribution in [-0.2, 0) is 14.3 Å². The van der Waals surface area contributed by atoms with Gasteiger partial charge in [-0.05, 0) is 13.8 Å². The summed E-state index contributed by atoms with van der Waals surface area (Å²) in [6.45, 7) is 3.29. The Balaban J connectivity index is 2.52. The van der Waals surface area contributed by atoms with Crippen molar-refractivity contribution >= 4 is 5.97 Å². The second-order valence-electron chi connectivity index (χ2n) is 3.55. The lowest BCUT2D eigenvalue weighted by atomic mass is 10.1. The standard InChI is InChI=1S/C8H14O5/c1-8(2)12-5(3-6(9)10)4-7(11)13-8/h5,7,11H,3-4H2,1-2H3,(H,9,10)/t5-,7?/m0/s1. The van der Waals surface area contributed by atoms with E-state index in [1.807, 2.05) is 0 Å². The molecule has 76 valence electrons. The van der Waals surface area contributed by atoms with Crippen LogP contribution in [0.3, 0.4) is 0 Å². The van der Waals surface area contributed by atoms with Crippen molar-refractivity contribution in [1.29, 1.82) is 0 Å². The summed E-state index contributed by atoms with van der Waals surface area (Å²) in [5.74, 6) is -1.84. The summed E-state index contributed by atoms with van der Waals surface area (Å²) in [5.41, 5.74) is 0. The first-order chi connectivity index (χ1) is 5.89. The van der Waals surface area contributed by atoms with Crippen molar-refractivity contribution in [3.05, 3.63) is 0 Å². The van der Waals surface area contributed by atoms with Crippen LogP contribution < -0.4 is 0 Å². The third kappa shape index (κ3) is 3.30. The molecule has 1 unspecified atom stereocenters. The highest BCUT2D eigenvalue weighted by molar-refractivity contribution is 5.67. The van der Waals surface area contributed by atoms with E-state index in [1.54, 1.807) is 13.8 Å². The van der Waals surface area contributed by atoms with Gasteiger partial charge in [-0.25, -0.2) is 0 Å². The molecule has 0 radical (unpaired) electrons. The van der Waals surface area contributed by atoms with Gasteiger partial charge in [-0.2, -0.15) is 0 Å². The van der Waals surface area contributed by atoms with E-state index < -0.39 is 24.2 Å². The maximum absolute atomic E-state index is 10.4. The molecule has 0 saturated carbocycles. The maximum atomic E-state index is 10.4. The van der Waals surface area contributed by atoms with Gasteiger partial charge in [0.25, 0.3) is 0 Å². The van der Waals surface area contributed by atoms with Gasteiger partial charge in [0.1, 0.15) is 0 Å². The van der Waals surface area contributed by atoms with E-state index in [0.29, 0.717) is 0 Å².